The fourth-order valence-corrected chi connectivity index (χ4v) is 2.83. The number of rotatable bonds is 8. The van der Waals surface area contributed by atoms with Crippen LogP contribution in [0.2, 0.25) is 0 Å². The van der Waals surface area contributed by atoms with Gasteiger partial charge in [0, 0.05) is 41.9 Å². The molecule has 0 aromatic heterocycles. The van der Waals surface area contributed by atoms with Crippen molar-refractivity contribution in [2.24, 2.45) is 4.99 Å². The number of hydrogen-bond acceptors (Lipinski definition) is 4. The van der Waals surface area contributed by atoms with E-state index in [0.717, 1.165) is 10.2 Å². The van der Waals surface area contributed by atoms with Crippen molar-refractivity contribution in [3.8, 4) is 11.5 Å². The molecule has 0 atom stereocenters. The van der Waals surface area contributed by atoms with Crippen LogP contribution in [0.5, 0.6) is 11.5 Å². The van der Waals surface area contributed by atoms with Crippen LogP contribution in [-0.2, 0) is 0 Å². The van der Waals surface area contributed by atoms with Crippen LogP contribution in [0.15, 0.2) is 51.9 Å². The summed E-state index contributed by atoms with van der Waals surface area (Å²) in [6.45, 7) is 3.44. The predicted molar refractivity (Wildman–Crippen MR) is 131 cm³/mol. The molecule has 2 rings (SSSR count). The van der Waals surface area contributed by atoms with E-state index in [1.54, 1.807) is 26.3 Å². The lowest BCUT2D eigenvalue weighted by Gasteiger charge is -2.15. The molecule has 0 unspecified atom stereocenters. The second kappa shape index (κ2) is 13.3. The number of anilines is 1. The Morgan fingerprint density at radius 3 is 2.52 bits per heavy atom. The lowest BCUT2D eigenvalue weighted by atomic mass is 10.2. The molecule has 2 aromatic carbocycles. The molecule has 1 amide bonds. The monoisotopic (exact) mass is 576 g/mol. The lowest BCUT2D eigenvalue weighted by Crippen LogP contribution is -2.37. The molecular formula is C20H26BrIN4O3. The van der Waals surface area contributed by atoms with Crippen LogP contribution in [0, 0.1) is 0 Å². The van der Waals surface area contributed by atoms with E-state index in [0.29, 0.717) is 42.7 Å². The van der Waals surface area contributed by atoms with E-state index in [-0.39, 0.29) is 29.9 Å². The molecule has 0 heterocycles. The van der Waals surface area contributed by atoms with E-state index >= 15 is 0 Å². The van der Waals surface area contributed by atoms with Crippen molar-refractivity contribution in [2.75, 3.05) is 39.2 Å². The average Bonchev–Trinajstić information content (AvgIpc) is 2.70. The first-order chi connectivity index (χ1) is 13.6. The molecule has 0 radical (unpaired) electrons. The zero-order chi connectivity index (χ0) is 20.4. The number of methoxy groups -OCH3 is 1. The third-order valence-electron chi connectivity index (χ3n) is 3.74. The fourth-order valence-electron chi connectivity index (χ4n) is 2.43. The highest BCUT2D eigenvalue weighted by atomic mass is 127. The minimum Gasteiger partial charge on any atom is -0.493 e. The van der Waals surface area contributed by atoms with Gasteiger partial charge in [0.2, 0.25) is 0 Å². The maximum atomic E-state index is 12.1. The van der Waals surface area contributed by atoms with E-state index in [1.807, 2.05) is 37.3 Å². The first-order valence-corrected chi connectivity index (χ1v) is 9.69. The molecule has 0 bridgehead atoms. The topological polar surface area (TPSA) is 84.0 Å². The number of benzene rings is 2. The van der Waals surface area contributed by atoms with Crippen LogP contribution in [0.3, 0.4) is 0 Å². The maximum Gasteiger partial charge on any atom is 0.251 e. The molecule has 7 nitrogen and oxygen atoms in total. The Kier molecular flexibility index (Phi) is 11.4. The molecule has 3 N–H and O–H groups in total. The van der Waals surface area contributed by atoms with Gasteiger partial charge in [-0.15, -0.1) is 24.0 Å². The van der Waals surface area contributed by atoms with Gasteiger partial charge in [-0.1, -0.05) is 22.0 Å². The van der Waals surface area contributed by atoms with Crippen LogP contribution in [0.4, 0.5) is 5.69 Å². The van der Waals surface area contributed by atoms with Crippen molar-refractivity contribution in [3.05, 3.63) is 52.5 Å². The molecule has 9 heteroatoms. The van der Waals surface area contributed by atoms with Gasteiger partial charge in [-0.25, -0.2) is 0 Å². The molecule has 29 heavy (non-hydrogen) atoms. The van der Waals surface area contributed by atoms with Crippen molar-refractivity contribution in [1.29, 1.82) is 0 Å². The third kappa shape index (κ3) is 8.09. The van der Waals surface area contributed by atoms with E-state index in [9.17, 15) is 4.79 Å². The van der Waals surface area contributed by atoms with E-state index in [4.69, 9.17) is 9.47 Å². The number of ether oxygens (including phenoxy) is 2. The van der Waals surface area contributed by atoms with Crippen LogP contribution >= 0.6 is 39.9 Å². The molecular weight excluding hydrogens is 551 g/mol. The molecule has 0 aliphatic heterocycles. The Morgan fingerprint density at radius 2 is 1.86 bits per heavy atom. The predicted octanol–water partition coefficient (Wildman–Crippen LogP) is 3.89. The number of carbonyl (C=O) groups is 1. The van der Waals surface area contributed by atoms with Gasteiger partial charge in [0.05, 0.1) is 13.7 Å². The first-order valence-electron chi connectivity index (χ1n) is 8.89. The fraction of sp³-hybridized carbons (Fsp3) is 0.300. The molecule has 0 saturated heterocycles. The van der Waals surface area contributed by atoms with E-state index in [1.165, 1.54) is 0 Å². The largest absolute Gasteiger partial charge is 0.493 e. The summed E-state index contributed by atoms with van der Waals surface area (Å²) in [7, 11) is 3.29. The zero-order valence-corrected chi connectivity index (χ0v) is 20.5. The number of aliphatic imine (C=N–C) groups is 1. The normalized spacial score (nSPS) is 10.6. The molecule has 0 aliphatic carbocycles. The van der Waals surface area contributed by atoms with Crippen LogP contribution < -0.4 is 25.4 Å². The van der Waals surface area contributed by atoms with Gasteiger partial charge in [0.25, 0.3) is 5.91 Å². The van der Waals surface area contributed by atoms with Crippen molar-refractivity contribution in [3.63, 3.8) is 0 Å². The Bertz CT molecular complexity index is 833. The summed E-state index contributed by atoms with van der Waals surface area (Å²) in [5.41, 5.74) is 1.43. The smallest absolute Gasteiger partial charge is 0.251 e. The molecule has 0 fully saturated rings. The summed E-state index contributed by atoms with van der Waals surface area (Å²) < 4.78 is 11.7. The zero-order valence-electron chi connectivity index (χ0n) is 16.6. The second-order valence-electron chi connectivity index (χ2n) is 5.69. The number of halogens is 2. The molecule has 0 spiro atoms. The van der Waals surface area contributed by atoms with Crippen molar-refractivity contribution in [2.45, 2.75) is 6.92 Å². The first kappa shape index (κ1) is 25.0. The highest BCUT2D eigenvalue weighted by Crippen LogP contribution is 2.30. The van der Waals surface area contributed by atoms with Crippen LogP contribution in [-0.4, -0.2) is 45.7 Å². The van der Waals surface area contributed by atoms with Crippen molar-refractivity contribution < 1.29 is 14.3 Å². The Hall–Kier alpha value is -2.01. The Morgan fingerprint density at radius 1 is 1.10 bits per heavy atom. The highest BCUT2D eigenvalue weighted by Gasteiger charge is 2.08. The number of amides is 1. The van der Waals surface area contributed by atoms with Gasteiger partial charge in [0.15, 0.2) is 17.5 Å². The van der Waals surface area contributed by atoms with Crippen molar-refractivity contribution in [1.82, 2.24) is 10.6 Å². The highest BCUT2D eigenvalue weighted by molar-refractivity contribution is 14.0. The summed E-state index contributed by atoms with van der Waals surface area (Å²) in [5, 5.41) is 9.22. The number of carbonyl (C=O) groups excluding carboxylic acids is 1. The number of guanidine groups is 1. The minimum atomic E-state index is -0.123. The van der Waals surface area contributed by atoms with Crippen molar-refractivity contribution >= 4 is 57.5 Å². The lowest BCUT2D eigenvalue weighted by molar-refractivity contribution is 0.0954. The summed E-state index contributed by atoms with van der Waals surface area (Å²) in [6, 6.07) is 12.8. The standard InChI is InChI=1S/C20H25BrN4O3.HI/c1-4-28-18-13-16(8-9-17(18)27-3)25-20(22-2)24-11-10-23-19(26)14-6-5-7-15(21)12-14;/h5-9,12-13H,4,10-11H2,1-3H3,(H,23,26)(H2,22,24,25);1H. The maximum absolute atomic E-state index is 12.1. The summed E-state index contributed by atoms with van der Waals surface area (Å²) in [5.74, 6) is 1.80. The quantitative estimate of drug-likeness (QED) is 0.192. The summed E-state index contributed by atoms with van der Waals surface area (Å²) in [4.78, 5) is 16.3. The van der Waals surface area contributed by atoms with Crippen LogP contribution in [0.25, 0.3) is 0 Å². The van der Waals surface area contributed by atoms with E-state index in [2.05, 4.69) is 36.9 Å². The Balaban J connectivity index is 0.00000420. The average molecular weight is 577 g/mol. The Labute approximate surface area is 196 Å². The van der Waals surface area contributed by atoms with E-state index < -0.39 is 0 Å². The van der Waals surface area contributed by atoms with Gasteiger partial charge in [-0.3, -0.25) is 9.79 Å². The summed E-state index contributed by atoms with van der Waals surface area (Å²) >= 11 is 3.36. The molecule has 0 saturated carbocycles. The number of hydrogen-bond donors (Lipinski definition) is 3. The van der Waals surface area contributed by atoms with Gasteiger partial charge in [-0.05, 0) is 37.3 Å². The molecule has 158 valence electrons. The minimum absolute atomic E-state index is 0. The number of nitrogens with one attached hydrogen (secondary N) is 3. The molecule has 2 aromatic rings. The third-order valence-corrected chi connectivity index (χ3v) is 4.23. The SMILES string of the molecule is CCOc1cc(NC(=NC)NCCNC(=O)c2cccc(Br)c2)ccc1OC.I. The number of nitrogens with zero attached hydrogens (tertiary/aromatic N) is 1. The van der Waals surface area contributed by atoms with Gasteiger partial charge in [0.1, 0.15) is 0 Å². The van der Waals surface area contributed by atoms with Crippen LogP contribution in [0.1, 0.15) is 17.3 Å². The molecule has 0 aliphatic rings. The second-order valence-corrected chi connectivity index (χ2v) is 6.60. The van der Waals surface area contributed by atoms with Gasteiger partial charge >= 0.3 is 0 Å². The van der Waals surface area contributed by atoms with Gasteiger partial charge < -0.3 is 25.4 Å². The summed E-state index contributed by atoms with van der Waals surface area (Å²) in [6.07, 6.45) is 0. The van der Waals surface area contributed by atoms with Gasteiger partial charge in [-0.2, -0.15) is 0 Å².